The van der Waals surface area contributed by atoms with E-state index in [1.54, 1.807) is 0 Å². The monoisotopic (exact) mass is 283 g/mol. The summed E-state index contributed by atoms with van der Waals surface area (Å²) in [5.41, 5.74) is 5.98. The van der Waals surface area contributed by atoms with Crippen LogP contribution >= 0.6 is 0 Å². The second-order valence-electron chi connectivity index (χ2n) is 6.75. The fourth-order valence-electron chi connectivity index (χ4n) is 3.36. The van der Waals surface area contributed by atoms with E-state index in [1.165, 1.54) is 12.1 Å². The van der Waals surface area contributed by atoms with Crippen molar-refractivity contribution < 1.29 is 13.5 Å². The van der Waals surface area contributed by atoms with Crippen molar-refractivity contribution in [3.8, 4) is 5.75 Å². The van der Waals surface area contributed by atoms with Gasteiger partial charge in [-0.05, 0) is 48.3 Å². The highest BCUT2D eigenvalue weighted by Gasteiger charge is 2.34. The Kier molecular flexibility index (Phi) is 4.33. The first-order valence-electron chi connectivity index (χ1n) is 7.15. The van der Waals surface area contributed by atoms with E-state index in [1.807, 2.05) is 0 Å². The molecule has 1 aromatic rings. The van der Waals surface area contributed by atoms with Crippen LogP contribution in [0, 0.1) is 23.0 Å². The molecule has 0 bridgehead atoms. The van der Waals surface area contributed by atoms with Crippen molar-refractivity contribution in [2.45, 2.75) is 52.7 Å². The van der Waals surface area contributed by atoms with Crippen LogP contribution in [-0.4, -0.2) is 6.10 Å². The normalized spacial score (nSPS) is 25.5. The van der Waals surface area contributed by atoms with Crippen LogP contribution in [0.4, 0.5) is 8.78 Å². The molecule has 2 atom stereocenters. The van der Waals surface area contributed by atoms with Gasteiger partial charge in [0.25, 0.3) is 0 Å². The first kappa shape index (κ1) is 15.2. The summed E-state index contributed by atoms with van der Waals surface area (Å²) in [6, 6.07) is 2.49. The number of benzene rings is 1. The fraction of sp³-hybridized carbons (Fsp3) is 0.625. The highest BCUT2D eigenvalue weighted by Crippen LogP contribution is 2.40. The van der Waals surface area contributed by atoms with Gasteiger partial charge in [-0.3, -0.25) is 0 Å². The lowest BCUT2D eigenvalue weighted by molar-refractivity contribution is 0.0507. The second kappa shape index (κ2) is 5.68. The minimum absolute atomic E-state index is 0.113. The van der Waals surface area contributed by atoms with Gasteiger partial charge < -0.3 is 10.5 Å². The lowest BCUT2D eigenvalue weighted by Gasteiger charge is -2.38. The Morgan fingerprint density at radius 2 is 1.85 bits per heavy atom. The van der Waals surface area contributed by atoms with Crippen LogP contribution in [0.15, 0.2) is 12.1 Å². The number of rotatable bonds is 3. The third-order valence-corrected chi connectivity index (χ3v) is 3.92. The Morgan fingerprint density at radius 1 is 1.25 bits per heavy atom. The molecule has 20 heavy (non-hydrogen) atoms. The van der Waals surface area contributed by atoms with Gasteiger partial charge in [-0.15, -0.1) is 0 Å². The molecule has 1 saturated carbocycles. The molecule has 0 heterocycles. The third kappa shape index (κ3) is 3.48. The lowest BCUT2D eigenvalue weighted by atomic mass is 9.71. The van der Waals surface area contributed by atoms with Gasteiger partial charge in [-0.25, -0.2) is 8.78 Å². The molecule has 1 aromatic carbocycles. The lowest BCUT2D eigenvalue weighted by Crippen LogP contribution is -2.34. The molecule has 1 aliphatic rings. The van der Waals surface area contributed by atoms with Gasteiger partial charge in [0.15, 0.2) is 17.4 Å². The number of nitrogens with two attached hydrogens (primary N) is 1. The molecule has 2 nitrogen and oxygen atoms in total. The Labute approximate surface area is 119 Å². The first-order chi connectivity index (χ1) is 9.30. The molecular weight excluding hydrogens is 260 g/mol. The average molecular weight is 283 g/mol. The number of hydrogen-bond acceptors (Lipinski definition) is 2. The van der Waals surface area contributed by atoms with Crippen LogP contribution in [0.3, 0.4) is 0 Å². The smallest absolute Gasteiger partial charge is 0.191 e. The quantitative estimate of drug-likeness (QED) is 0.909. The van der Waals surface area contributed by atoms with Crippen LogP contribution in [0.1, 0.15) is 45.6 Å². The summed E-state index contributed by atoms with van der Waals surface area (Å²) in [5, 5.41) is 0. The van der Waals surface area contributed by atoms with Gasteiger partial charge in [0.2, 0.25) is 0 Å². The Balaban J connectivity index is 2.18. The van der Waals surface area contributed by atoms with Gasteiger partial charge in [-0.2, -0.15) is 0 Å². The van der Waals surface area contributed by atoms with Crippen LogP contribution in [0.25, 0.3) is 0 Å². The van der Waals surface area contributed by atoms with E-state index < -0.39 is 11.6 Å². The molecular formula is C16H23F2NO. The van der Waals surface area contributed by atoms with Gasteiger partial charge in [-0.1, -0.05) is 20.8 Å². The number of halogens is 2. The van der Waals surface area contributed by atoms with E-state index in [9.17, 15) is 8.78 Å². The zero-order chi connectivity index (χ0) is 14.9. The Hall–Kier alpha value is -1.16. The molecule has 0 spiro atoms. The van der Waals surface area contributed by atoms with Crippen molar-refractivity contribution in [1.82, 2.24) is 0 Å². The van der Waals surface area contributed by atoms with E-state index in [2.05, 4.69) is 20.8 Å². The second-order valence-corrected chi connectivity index (χ2v) is 6.75. The maximum absolute atomic E-state index is 13.9. The number of ether oxygens (including phenoxy) is 1. The molecule has 2 rings (SSSR count). The van der Waals surface area contributed by atoms with Crippen molar-refractivity contribution in [2.24, 2.45) is 17.1 Å². The summed E-state index contributed by atoms with van der Waals surface area (Å²) in [5.74, 6) is -1.10. The third-order valence-electron chi connectivity index (χ3n) is 3.92. The predicted octanol–water partition coefficient (Wildman–Crippen LogP) is 4.02. The molecule has 0 aromatic heterocycles. The topological polar surface area (TPSA) is 35.2 Å². The van der Waals surface area contributed by atoms with E-state index in [-0.39, 0.29) is 23.8 Å². The standard InChI is InChI=1S/C16H23F2NO/c1-10-4-12(8-16(2,3)7-10)20-15-13(17)5-11(9-19)6-14(15)18/h5-6,10,12H,4,7-9,19H2,1-3H3. The van der Waals surface area contributed by atoms with Crippen molar-refractivity contribution in [2.75, 3.05) is 0 Å². The van der Waals surface area contributed by atoms with Gasteiger partial charge in [0, 0.05) is 6.54 Å². The molecule has 2 N–H and O–H groups in total. The SMILES string of the molecule is CC1CC(Oc2c(F)cc(CN)cc2F)CC(C)(C)C1. The molecule has 2 unspecified atom stereocenters. The van der Waals surface area contributed by atoms with Gasteiger partial charge in [0.1, 0.15) is 0 Å². The Morgan fingerprint density at radius 3 is 2.35 bits per heavy atom. The van der Waals surface area contributed by atoms with Crippen LogP contribution < -0.4 is 10.5 Å². The summed E-state index contributed by atoms with van der Waals surface area (Å²) in [6.45, 7) is 6.61. The summed E-state index contributed by atoms with van der Waals surface area (Å²) in [4.78, 5) is 0. The summed E-state index contributed by atoms with van der Waals surface area (Å²) < 4.78 is 33.5. The largest absolute Gasteiger partial charge is 0.484 e. The van der Waals surface area contributed by atoms with Gasteiger partial charge >= 0.3 is 0 Å². The van der Waals surface area contributed by atoms with Crippen LogP contribution in [0.5, 0.6) is 5.75 Å². The molecule has 4 heteroatoms. The fourth-order valence-corrected chi connectivity index (χ4v) is 3.36. The molecule has 1 aliphatic carbocycles. The van der Waals surface area contributed by atoms with Crippen molar-refractivity contribution in [1.29, 1.82) is 0 Å². The Bertz CT molecular complexity index is 464. The van der Waals surface area contributed by atoms with Crippen molar-refractivity contribution in [3.63, 3.8) is 0 Å². The molecule has 0 amide bonds. The molecule has 1 fully saturated rings. The van der Waals surface area contributed by atoms with Crippen molar-refractivity contribution in [3.05, 3.63) is 29.3 Å². The summed E-state index contributed by atoms with van der Waals surface area (Å²) >= 11 is 0. The zero-order valence-corrected chi connectivity index (χ0v) is 12.4. The van der Waals surface area contributed by atoms with Crippen LogP contribution in [-0.2, 0) is 6.54 Å². The van der Waals surface area contributed by atoms with Crippen LogP contribution in [0.2, 0.25) is 0 Å². The summed E-state index contributed by atoms with van der Waals surface area (Å²) in [6.07, 6.45) is 2.63. The van der Waals surface area contributed by atoms with Crippen molar-refractivity contribution >= 4 is 0 Å². The number of hydrogen-bond donors (Lipinski definition) is 1. The molecule has 112 valence electrons. The summed E-state index contributed by atoms with van der Waals surface area (Å²) in [7, 11) is 0. The van der Waals surface area contributed by atoms with E-state index in [0.29, 0.717) is 11.5 Å². The molecule has 0 aliphatic heterocycles. The first-order valence-corrected chi connectivity index (χ1v) is 7.15. The average Bonchev–Trinajstić information content (AvgIpc) is 2.31. The van der Waals surface area contributed by atoms with E-state index >= 15 is 0 Å². The zero-order valence-electron chi connectivity index (χ0n) is 12.4. The van der Waals surface area contributed by atoms with Gasteiger partial charge in [0.05, 0.1) is 6.10 Å². The molecule has 0 radical (unpaired) electrons. The highest BCUT2D eigenvalue weighted by molar-refractivity contribution is 5.31. The van der Waals surface area contributed by atoms with E-state index in [4.69, 9.17) is 10.5 Å². The maximum Gasteiger partial charge on any atom is 0.191 e. The minimum Gasteiger partial charge on any atom is -0.484 e. The van der Waals surface area contributed by atoms with E-state index in [0.717, 1.165) is 19.3 Å². The predicted molar refractivity (Wildman–Crippen MR) is 75.5 cm³/mol. The highest BCUT2D eigenvalue weighted by atomic mass is 19.1. The minimum atomic E-state index is -0.665. The maximum atomic E-state index is 13.9. The molecule has 0 saturated heterocycles.